The van der Waals surface area contributed by atoms with E-state index in [-0.39, 0.29) is 0 Å². The maximum absolute atomic E-state index is 5.48. The zero-order chi connectivity index (χ0) is 10.1. The van der Waals surface area contributed by atoms with Gasteiger partial charge in [0.05, 0.1) is 8.66 Å². The minimum atomic E-state index is 0.462. The number of halogens is 1. The first-order chi connectivity index (χ1) is 6.70. The van der Waals surface area contributed by atoms with Crippen molar-refractivity contribution in [2.75, 3.05) is 0 Å². The van der Waals surface area contributed by atoms with Crippen LogP contribution in [0.2, 0.25) is 0 Å². The second-order valence-corrected chi connectivity index (χ2v) is 6.20. The number of nitrogens with zero attached hydrogens (tertiary/aromatic N) is 2. The minimum Gasteiger partial charge on any atom is -0.324 e. The summed E-state index contributed by atoms with van der Waals surface area (Å²) in [4.78, 5) is 1.14. The van der Waals surface area contributed by atoms with Gasteiger partial charge in [-0.3, -0.25) is 0 Å². The zero-order valence-corrected chi connectivity index (χ0v) is 10.7. The Morgan fingerprint density at radius 2 is 2.21 bits per heavy atom. The molecule has 0 aliphatic carbocycles. The Kier molecular flexibility index (Phi) is 2.96. The minimum absolute atomic E-state index is 0.462. The number of hydrogen-bond acceptors (Lipinski definition) is 5. The highest BCUT2D eigenvalue weighted by molar-refractivity contribution is 9.11. The average molecular weight is 290 g/mol. The van der Waals surface area contributed by atoms with Gasteiger partial charge in [-0.15, -0.1) is 21.5 Å². The van der Waals surface area contributed by atoms with E-state index >= 15 is 0 Å². The molecule has 0 atom stereocenters. The Hall–Kier alpha value is -0.300. The quantitative estimate of drug-likeness (QED) is 0.925. The first-order valence-electron chi connectivity index (χ1n) is 3.99. The van der Waals surface area contributed by atoms with E-state index < -0.39 is 0 Å². The molecule has 0 saturated carbocycles. The fraction of sp³-hybridized carbons (Fsp3) is 0.250. The summed E-state index contributed by atoms with van der Waals surface area (Å²) >= 11 is 6.71. The van der Waals surface area contributed by atoms with E-state index in [1.807, 2.05) is 0 Å². The zero-order valence-electron chi connectivity index (χ0n) is 7.45. The molecule has 0 aliphatic heterocycles. The van der Waals surface area contributed by atoms with Crippen molar-refractivity contribution in [2.24, 2.45) is 5.73 Å². The fourth-order valence-electron chi connectivity index (χ4n) is 1.00. The normalized spacial score (nSPS) is 10.8. The summed E-state index contributed by atoms with van der Waals surface area (Å²) in [5.41, 5.74) is 6.71. The molecule has 0 fully saturated rings. The van der Waals surface area contributed by atoms with Crippen molar-refractivity contribution in [2.45, 2.75) is 13.5 Å². The SMILES string of the molecule is Cc1cc(-c2nnc(CN)s2)sc1Br. The van der Waals surface area contributed by atoms with Crippen molar-refractivity contribution in [3.8, 4) is 9.88 Å². The van der Waals surface area contributed by atoms with Crippen LogP contribution >= 0.6 is 38.6 Å². The van der Waals surface area contributed by atoms with Crippen LogP contribution in [0.15, 0.2) is 9.85 Å². The molecule has 2 N–H and O–H groups in total. The molecule has 2 aromatic rings. The van der Waals surface area contributed by atoms with Gasteiger partial charge in [0.1, 0.15) is 5.01 Å². The standard InChI is InChI=1S/C8H8BrN3S2/c1-4-2-5(13-7(4)9)8-12-11-6(3-10)14-8/h2H,3,10H2,1H3. The van der Waals surface area contributed by atoms with Gasteiger partial charge < -0.3 is 5.73 Å². The number of thiophene rings is 1. The van der Waals surface area contributed by atoms with Gasteiger partial charge in [-0.25, -0.2) is 0 Å². The third-order valence-electron chi connectivity index (χ3n) is 1.71. The summed E-state index contributed by atoms with van der Waals surface area (Å²) in [7, 11) is 0. The molecule has 0 amide bonds. The molecule has 0 radical (unpaired) electrons. The lowest BCUT2D eigenvalue weighted by Crippen LogP contribution is -1.94. The van der Waals surface area contributed by atoms with Gasteiger partial charge in [0.25, 0.3) is 0 Å². The molecular formula is C8H8BrN3S2. The van der Waals surface area contributed by atoms with Gasteiger partial charge in [0.15, 0.2) is 5.01 Å². The monoisotopic (exact) mass is 289 g/mol. The van der Waals surface area contributed by atoms with Crippen LogP contribution in [0.25, 0.3) is 9.88 Å². The highest BCUT2D eigenvalue weighted by Crippen LogP contribution is 2.35. The summed E-state index contributed by atoms with van der Waals surface area (Å²) in [5.74, 6) is 0. The Morgan fingerprint density at radius 1 is 1.43 bits per heavy atom. The van der Waals surface area contributed by atoms with Gasteiger partial charge in [0.2, 0.25) is 0 Å². The lowest BCUT2D eigenvalue weighted by Gasteiger charge is -1.83. The van der Waals surface area contributed by atoms with E-state index in [9.17, 15) is 0 Å². The summed E-state index contributed by atoms with van der Waals surface area (Å²) in [6, 6.07) is 2.11. The molecular weight excluding hydrogens is 282 g/mol. The molecule has 6 heteroatoms. The van der Waals surface area contributed by atoms with Crippen molar-refractivity contribution in [1.82, 2.24) is 10.2 Å². The predicted octanol–water partition coefficient (Wildman–Crippen LogP) is 2.80. The number of aromatic nitrogens is 2. The van der Waals surface area contributed by atoms with E-state index in [2.05, 4.69) is 39.1 Å². The molecule has 0 bridgehead atoms. The van der Waals surface area contributed by atoms with Crippen molar-refractivity contribution >= 4 is 38.6 Å². The molecule has 0 unspecified atom stereocenters. The smallest absolute Gasteiger partial charge is 0.157 e. The largest absolute Gasteiger partial charge is 0.324 e. The summed E-state index contributed by atoms with van der Waals surface area (Å²) < 4.78 is 1.15. The molecule has 2 aromatic heterocycles. The molecule has 0 spiro atoms. The van der Waals surface area contributed by atoms with E-state index in [0.717, 1.165) is 18.7 Å². The third kappa shape index (κ3) is 1.88. The Morgan fingerprint density at radius 3 is 2.71 bits per heavy atom. The maximum atomic E-state index is 5.48. The van der Waals surface area contributed by atoms with Gasteiger partial charge in [0, 0.05) is 6.54 Å². The highest BCUT2D eigenvalue weighted by Gasteiger charge is 2.09. The van der Waals surface area contributed by atoms with Crippen LogP contribution in [-0.4, -0.2) is 10.2 Å². The molecule has 0 aromatic carbocycles. The maximum Gasteiger partial charge on any atom is 0.157 e. The van der Waals surface area contributed by atoms with Crippen LogP contribution in [0.5, 0.6) is 0 Å². The second kappa shape index (κ2) is 4.06. The van der Waals surface area contributed by atoms with Gasteiger partial charge in [-0.1, -0.05) is 11.3 Å². The summed E-state index contributed by atoms with van der Waals surface area (Å²) in [6.45, 7) is 2.53. The third-order valence-corrected chi connectivity index (χ3v) is 4.96. The predicted molar refractivity (Wildman–Crippen MR) is 63.6 cm³/mol. The highest BCUT2D eigenvalue weighted by atomic mass is 79.9. The number of nitrogens with two attached hydrogens (primary N) is 1. The van der Waals surface area contributed by atoms with Crippen LogP contribution in [0, 0.1) is 6.92 Å². The van der Waals surface area contributed by atoms with Crippen LogP contribution in [0.1, 0.15) is 10.6 Å². The molecule has 2 heterocycles. The number of aryl methyl sites for hydroxylation is 1. The van der Waals surface area contributed by atoms with Crippen LogP contribution in [0.4, 0.5) is 0 Å². The van der Waals surface area contributed by atoms with Crippen LogP contribution in [-0.2, 0) is 6.54 Å². The van der Waals surface area contributed by atoms with Crippen molar-refractivity contribution in [1.29, 1.82) is 0 Å². The second-order valence-electron chi connectivity index (χ2n) is 2.77. The van der Waals surface area contributed by atoms with Crippen molar-refractivity contribution in [3.63, 3.8) is 0 Å². The Labute approximate surface area is 98.1 Å². The molecule has 0 saturated heterocycles. The Balaban J connectivity index is 2.39. The fourth-order valence-corrected chi connectivity index (χ4v) is 3.29. The van der Waals surface area contributed by atoms with E-state index in [4.69, 9.17) is 5.73 Å². The number of rotatable bonds is 2. The van der Waals surface area contributed by atoms with Crippen LogP contribution in [0.3, 0.4) is 0 Å². The lowest BCUT2D eigenvalue weighted by atomic mass is 10.3. The summed E-state index contributed by atoms with van der Waals surface area (Å²) in [5, 5.41) is 9.90. The number of hydrogen-bond donors (Lipinski definition) is 1. The van der Waals surface area contributed by atoms with Crippen molar-refractivity contribution < 1.29 is 0 Å². The molecule has 0 aliphatic rings. The molecule has 74 valence electrons. The first-order valence-corrected chi connectivity index (χ1v) is 6.42. The van der Waals surface area contributed by atoms with E-state index in [1.54, 1.807) is 22.7 Å². The summed E-state index contributed by atoms with van der Waals surface area (Å²) in [6.07, 6.45) is 0. The van der Waals surface area contributed by atoms with Gasteiger partial charge in [-0.2, -0.15) is 0 Å². The Bertz CT molecular complexity index is 430. The van der Waals surface area contributed by atoms with Gasteiger partial charge >= 0.3 is 0 Å². The van der Waals surface area contributed by atoms with Gasteiger partial charge in [-0.05, 0) is 34.5 Å². The van der Waals surface area contributed by atoms with E-state index in [0.29, 0.717) is 6.54 Å². The van der Waals surface area contributed by atoms with E-state index in [1.165, 1.54) is 5.56 Å². The molecule has 2 rings (SSSR count). The van der Waals surface area contributed by atoms with Crippen molar-refractivity contribution in [3.05, 3.63) is 20.4 Å². The lowest BCUT2D eigenvalue weighted by molar-refractivity contribution is 0.961. The molecule has 14 heavy (non-hydrogen) atoms. The average Bonchev–Trinajstić information content (AvgIpc) is 2.74. The first kappa shape index (κ1) is 10.2. The molecule has 3 nitrogen and oxygen atoms in total. The van der Waals surface area contributed by atoms with Crippen LogP contribution < -0.4 is 5.73 Å². The topological polar surface area (TPSA) is 51.8 Å².